The summed E-state index contributed by atoms with van der Waals surface area (Å²) >= 11 is 0. The van der Waals surface area contributed by atoms with Gasteiger partial charge in [-0.15, -0.1) is 0 Å². The molecule has 0 radical (unpaired) electrons. The standard InChI is InChI=1S/C21H26F3N3O2/c1-20(2,3)29-19(28)26-13-14-8-11-27(12-9-14)17-7-6-16(21(22,23)24)18-15(17)5-4-10-25-18/h4-7,10,14H,8-9,11-13H2,1-3H3,(H,26,28). The number of hydrogen-bond donors (Lipinski definition) is 1. The third-order valence-electron chi connectivity index (χ3n) is 4.94. The molecular formula is C21H26F3N3O2. The smallest absolute Gasteiger partial charge is 0.418 e. The Balaban J connectivity index is 1.66. The molecule has 0 bridgehead atoms. The molecule has 1 aromatic heterocycles. The molecule has 0 spiro atoms. The summed E-state index contributed by atoms with van der Waals surface area (Å²) in [6.45, 7) is 7.38. The van der Waals surface area contributed by atoms with Crippen LogP contribution in [0.25, 0.3) is 10.9 Å². The van der Waals surface area contributed by atoms with Crippen molar-refractivity contribution in [1.29, 1.82) is 0 Å². The lowest BCUT2D eigenvalue weighted by Gasteiger charge is -2.34. The molecule has 0 aliphatic carbocycles. The van der Waals surface area contributed by atoms with Gasteiger partial charge >= 0.3 is 12.3 Å². The number of hydrogen-bond acceptors (Lipinski definition) is 4. The second-order valence-corrected chi connectivity index (χ2v) is 8.34. The maximum atomic E-state index is 13.3. The number of benzene rings is 1. The predicted octanol–water partition coefficient (Wildman–Crippen LogP) is 4.99. The molecule has 29 heavy (non-hydrogen) atoms. The summed E-state index contributed by atoms with van der Waals surface area (Å²) in [4.78, 5) is 17.9. The number of alkyl carbamates (subject to hydrolysis) is 1. The van der Waals surface area contributed by atoms with Crippen LogP contribution >= 0.6 is 0 Å². The third-order valence-corrected chi connectivity index (χ3v) is 4.94. The monoisotopic (exact) mass is 409 g/mol. The third kappa shape index (κ3) is 5.31. The lowest BCUT2D eigenvalue weighted by Crippen LogP contribution is -2.40. The lowest BCUT2D eigenvalue weighted by molar-refractivity contribution is -0.136. The van der Waals surface area contributed by atoms with Gasteiger partial charge in [0.05, 0.1) is 11.1 Å². The van der Waals surface area contributed by atoms with Crippen molar-refractivity contribution >= 4 is 22.7 Å². The van der Waals surface area contributed by atoms with Crippen molar-refractivity contribution in [3.05, 3.63) is 36.0 Å². The fraction of sp³-hybridized carbons (Fsp3) is 0.524. The minimum Gasteiger partial charge on any atom is -0.444 e. The largest absolute Gasteiger partial charge is 0.444 e. The maximum Gasteiger partial charge on any atom is 0.418 e. The number of rotatable bonds is 3. The first kappa shape index (κ1) is 21.2. The quantitative estimate of drug-likeness (QED) is 0.776. The Kier molecular flexibility index (Phi) is 5.91. The number of ether oxygens (including phenoxy) is 1. The Morgan fingerprint density at radius 1 is 1.21 bits per heavy atom. The van der Waals surface area contributed by atoms with Crippen molar-refractivity contribution in [2.75, 3.05) is 24.5 Å². The lowest BCUT2D eigenvalue weighted by atomic mass is 9.95. The van der Waals surface area contributed by atoms with Crippen LogP contribution in [0.1, 0.15) is 39.2 Å². The minimum atomic E-state index is -4.44. The van der Waals surface area contributed by atoms with Gasteiger partial charge in [0.2, 0.25) is 0 Å². The molecule has 1 saturated heterocycles. The van der Waals surface area contributed by atoms with E-state index in [-0.39, 0.29) is 5.52 Å². The van der Waals surface area contributed by atoms with Crippen LogP contribution in [0, 0.1) is 5.92 Å². The molecule has 1 amide bonds. The van der Waals surface area contributed by atoms with Gasteiger partial charge in [-0.05, 0) is 63.8 Å². The number of carbonyl (C=O) groups excluding carboxylic acids is 1. The maximum absolute atomic E-state index is 13.3. The number of nitrogens with one attached hydrogen (secondary N) is 1. The Morgan fingerprint density at radius 3 is 2.52 bits per heavy atom. The predicted molar refractivity (Wildman–Crippen MR) is 106 cm³/mol. The van der Waals surface area contributed by atoms with Crippen LogP contribution < -0.4 is 10.2 Å². The number of fused-ring (bicyclic) bond motifs is 1. The van der Waals surface area contributed by atoms with Crippen molar-refractivity contribution in [3.8, 4) is 0 Å². The average Bonchev–Trinajstić information content (AvgIpc) is 2.64. The van der Waals surface area contributed by atoms with E-state index < -0.39 is 23.4 Å². The van der Waals surface area contributed by atoms with E-state index in [1.807, 2.05) is 20.8 Å². The molecular weight excluding hydrogens is 383 g/mol. The van der Waals surface area contributed by atoms with Crippen LogP contribution in [0.3, 0.4) is 0 Å². The molecule has 2 aromatic rings. The zero-order chi connectivity index (χ0) is 21.2. The summed E-state index contributed by atoms with van der Waals surface area (Å²) in [5.74, 6) is 0.303. The second kappa shape index (κ2) is 8.08. The number of anilines is 1. The van der Waals surface area contributed by atoms with Gasteiger partial charge in [-0.1, -0.05) is 0 Å². The molecule has 3 rings (SSSR count). The van der Waals surface area contributed by atoms with Crippen LogP contribution in [0.4, 0.5) is 23.7 Å². The van der Waals surface area contributed by atoms with Crippen LogP contribution in [0.2, 0.25) is 0 Å². The number of aromatic nitrogens is 1. The van der Waals surface area contributed by atoms with Crippen molar-refractivity contribution < 1.29 is 22.7 Å². The van der Waals surface area contributed by atoms with Gasteiger partial charge in [0.1, 0.15) is 5.60 Å². The van der Waals surface area contributed by atoms with E-state index in [1.165, 1.54) is 12.3 Å². The highest BCUT2D eigenvalue weighted by molar-refractivity contribution is 5.94. The van der Waals surface area contributed by atoms with Gasteiger partial charge in [-0.3, -0.25) is 4.98 Å². The number of nitrogens with zero attached hydrogens (tertiary/aromatic N) is 2. The van der Waals surface area contributed by atoms with Crippen molar-refractivity contribution in [2.24, 2.45) is 5.92 Å². The summed E-state index contributed by atoms with van der Waals surface area (Å²) in [7, 11) is 0. The first-order chi connectivity index (χ1) is 13.5. The van der Waals surface area contributed by atoms with E-state index in [2.05, 4.69) is 15.2 Å². The highest BCUT2D eigenvalue weighted by Crippen LogP contribution is 2.38. The zero-order valence-electron chi connectivity index (χ0n) is 16.8. The number of halogens is 3. The van der Waals surface area contributed by atoms with Crippen LogP contribution in [-0.4, -0.2) is 36.3 Å². The van der Waals surface area contributed by atoms with Gasteiger partial charge in [0, 0.05) is 36.9 Å². The Labute approximate surface area is 168 Å². The summed E-state index contributed by atoms with van der Waals surface area (Å²) in [5.41, 5.74) is -0.510. The Bertz CT molecular complexity index is 870. The zero-order valence-corrected chi connectivity index (χ0v) is 16.8. The van der Waals surface area contributed by atoms with E-state index in [9.17, 15) is 18.0 Å². The fourth-order valence-electron chi connectivity index (χ4n) is 3.58. The Morgan fingerprint density at radius 2 is 1.90 bits per heavy atom. The van der Waals surface area contributed by atoms with Gasteiger partial charge < -0.3 is 15.0 Å². The van der Waals surface area contributed by atoms with Gasteiger partial charge in [-0.2, -0.15) is 13.2 Å². The number of piperidine rings is 1. The van der Waals surface area contributed by atoms with E-state index in [4.69, 9.17) is 4.74 Å². The van der Waals surface area contributed by atoms with Crippen molar-refractivity contribution in [3.63, 3.8) is 0 Å². The SMILES string of the molecule is CC(C)(C)OC(=O)NCC1CCN(c2ccc(C(F)(F)F)c3ncccc23)CC1. The molecule has 158 valence electrons. The highest BCUT2D eigenvalue weighted by Gasteiger charge is 2.34. The molecule has 5 nitrogen and oxygen atoms in total. The van der Waals surface area contributed by atoms with Crippen LogP contribution in [0.5, 0.6) is 0 Å². The average molecular weight is 409 g/mol. The summed E-state index contributed by atoms with van der Waals surface area (Å²) in [6, 6.07) is 5.99. The highest BCUT2D eigenvalue weighted by atomic mass is 19.4. The topological polar surface area (TPSA) is 54.5 Å². The molecule has 1 aliphatic rings. The molecule has 1 N–H and O–H groups in total. The normalized spacial score (nSPS) is 16.1. The van der Waals surface area contributed by atoms with E-state index >= 15 is 0 Å². The molecule has 0 unspecified atom stereocenters. The number of pyridine rings is 1. The van der Waals surface area contributed by atoms with Gasteiger partial charge in [-0.25, -0.2) is 4.79 Å². The van der Waals surface area contributed by atoms with Gasteiger partial charge in [0.25, 0.3) is 0 Å². The Hall–Kier alpha value is -2.51. The molecule has 2 heterocycles. The molecule has 1 fully saturated rings. The first-order valence-corrected chi connectivity index (χ1v) is 9.71. The molecule has 0 saturated carbocycles. The van der Waals surface area contributed by atoms with Crippen LogP contribution in [-0.2, 0) is 10.9 Å². The summed E-state index contributed by atoms with van der Waals surface area (Å²) in [5, 5.41) is 3.31. The molecule has 0 atom stereocenters. The molecule has 8 heteroatoms. The fourth-order valence-corrected chi connectivity index (χ4v) is 3.58. The first-order valence-electron chi connectivity index (χ1n) is 9.71. The number of amides is 1. The van der Waals surface area contributed by atoms with Crippen LogP contribution in [0.15, 0.2) is 30.5 Å². The minimum absolute atomic E-state index is 0.0220. The van der Waals surface area contributed by atoms with E-state index in [0.29, 0.717) is 30.9 Å². The summed E-state index contributed by atoms with van der Waals surface area (Å²) in [6.07, 6.45) is -1.82. The number of carbonyl (C=O) groups is 1. The van der Waals surface area contributed by atoms with Crippen molar-refractivity contribution in [1.82, 2.24) is 10.3 Å². The van der Waals surface area contributed by atoms with Gasteiger partial charge in [0.15, 0.2) is 0 Å². The summed E-state index contributed by atoms with van der Waals surface area (Å²) < 4.78 is 45.1. The number of alkyl halides is 3. The van der Waals surface area contributed by atoms with Crippen molar-refractivity contribution in [2.45, 2.75) is 45.4 Å². The molecule has 1 aliphatic heterocycles. The molecule has 1 aromatic carbocycles. The van der Waals surface area contributed by atoms with E-state index in [1.54, 1.807) is 12.1 Å². The second-order valence-electron chi connectivity index (χ2n) is 8.34. The van der Waals surface area contributed by atoms with E-state index in [0.717, 1.165) is 24.6 Å².